The fraction of sp³-hybridized carbons (Fsp3) is 0.0714. The van der Waals surface area contributed by atoms with Crippen molar-refractivity contribution in [3.05, 3.63) is 48.8 Å². The number of para-hydroxylation sites is 1. The molecule has 0 fully saturated rings. The van der Waals surface area contributed by atoms with Gasteiger partial charge in [-0.3, -0.25) is 4.57 Å². The highest BCUT2D eigenvalue weighted by molar-refractivity contribution is 5.86. The van der Waals surface area contributed by atoms with Crippen LogP contribution < -0.4 is 4.74 Å². The molecule has 3 aromatic rings. The Labute approximate surface area is 116 Å². The third-order valence-corrected chi connectivity index (χ3v) is 2.89. The van der Waals surface area contributed by atoms with Gasteiger partial charge in [-0.25, -0.2) is 4.98 Å². The molecular formula is C14H13ClN2O2. The fourth-order valence-electron chi connectivity index (χ4n) is 2.04. The van der Waals surface area contributed by atoms with Crippen molar-refractivity contribution in [3.63, 3.8) is 0 Å². The number of phenolic OH excluding ortho intramolecular Hbond substituents is 1. The molecule has 0 bridgehead atoms. The SMILES string of the molecule is COc1c(O)ccc2c1ncn2-c1ccccc1.Cl. The highest BCUT2D eigenvalue weighted by Crippen LogP contribution is 2.34. The van der Waals surface area contributed by atoms with E-state index in [9.17, 15) is 5.11 Å². The lowest BCUT2D eigenvalue weighted by Crippen LogP contribution is -1.91. The van der Waals surface area contributed by atoms with E-state index in [1.54, 1.807) is 12.4 Å². The molecule has 3 rings (SSSR count). The molecule has 0 aliphatic carbocycles. The van der Waals surface area contributed by atoms with E-state index in [1.807, 2.05) is 41.0 Å². The summed E-state index contributed by atoms with van der Waals surface area (Å²) in [5, 5.41) is 9.71. The lowest BCUT2D eigenvalue weighted by Gasteiger charge is -2.06. The maximum Gasteiger partial charge on any atom is 0.188 e. The fourth-order valence-corrected chi connectivity index (χ4v) is 2.04. The Morgan fingerprint density at radius 3 is 2.53 bits per heavy atom. The van der Waals surface area contributed by atoms with Gasteiger partial charge in [-0.05, 0) is 24.3 Å². The van der Waals surface area contributed by atoms with Crippen LogP contribution in [0.5, 0.6) is 11.5 Å². The monoisotopic (exact) mass is 276 g/mol. The van der Waals surface area contributed by atoms with Crippen molar-refractivity contribution in [2.24, 2.45) is 0 Å². The lowest BCUT2D eigenvalue weighted by atomic mass is 10.2. The molecule has 1 heterocycles. The quantitative estimate of drug-likeness (QED) is 0.782. The Morgan fingerprint density at radius 1 is 1.11 bits per heavy atom. The van der Waals surface area contributed by atoms with Crippen molar-refractivity contribution in [1.29, 1.82) is 0 Å². The molecule has 0 aliphatic rings. The predicted molar refractivity (Wildman–Crippen MR) is 76.5 cm³/mol. The number of aromatic hydroxyl groups is 1. The molecule has 0 radical (unpaired) electrons. The van der Waals surface area contributed by atoms with Crippen LogP contribution in [0.2, 0.25) is 0 Å². The van der Waals surface area contributed by atoms with E-state index in [2.05, 4.69) is 4.98 Å². The zero-order valence-electron chi connectivity index (χ0n) is 10.3. The first kappa shape index (κ1) is 13.2. The van der Waals surface area contributed by atoms with Crippen LogP contribution in [0.25, 0.3) is 16.7 Å². The molecule has 0 saturated carbocycles. The van der Waals surface area contributed by atoms with Gasteiger partial charge in [-0.2, -0.15) is 0 Å². The van der Waals surface area contributed by atoms with E-state index in [0.717, 1.165) is 11.2 Å². The van der Waals surface area contributed by atoms with Crippen molar-refractivity contribution in [3.8, 4) is 17.2 Å². The van der Waals surface area contributed by atoms with Crippen molar-refractivity contribution < 1.29 is 9.84 Å². The van der Waals surface area contributed by atoms with Crippen LogP contribution in [-0.4, -0.2) is 21.8 Å². The molecule has 0 amide bonds. The first-order valence-electron chi connectivity index (χ1n) is 5.59. The number of fused-ring (bicyclic) bond motifs is 1. The number of aromatic nitrogens is 2. The Hall–Kier alpha value is -2.20. The minimum absolute atomic E-state index is 0. The van der Waals surface area contributed by atoms with Crippen LogP contribution in [-0.2, 0) is 0 Å². The van der Waals surface area contributed by atoms with Crippen LogP contribution in [0, 0.1) is 0 Å². The maximum absolute atomic E-state index is 9.71. The molecule has 4 nitrogen and oxygen atoms in total. The van der Waals surface area contributed by atoms with Crippen LogP contribution >= 0.6 is 12.4 Å². The van der Waals surface area contributed by atoms with Gasteiger partial charge in [-0.1, -0.05) is 18.2 Å². The molecule has 0 aliphatic heterocycles. The Kier molecular flexibility index (Phi) is 3.62. The Balaban J connectivity index is 0.00000133. The van der Waals surface area contributed by atoms with Gasteiger partial charge in [0.2, 0.25) is 0 Å². The van der Waals surface area contributed by atoms with E-state index < -0.39 is 0 Å². The van der Waals surface area contributed by atoms with Gasteiger partial charge in [0.25, 0.3) is 0 Å². The van der Waals surface area contributed by atoms with Gasteiger partial charge in [-0.15, -0.1) is 12.4 Å². The topological polar surface area (TPSA) is 47.3 Å². The van der Waals surface area contributed by atoms with E-state index in [0.29, 0.717) is 11.3 Å². The lowest BCUT2D eigenvalue weighted by molar-refractivity contribution is 0.377. The summed E-state index contributed by atoms with van der Waals surface area (Å²) < 4.78 is 7.14. The third kappa shape index (κ3) is 2.11. The molecule has 0 atom stereocenters. The van der Waals surface area contributed by atoms with E-state index >= 15 is 0 Å². The normalized spacial score (nSPS) is 10.2. The first-order chi connectivity index (χ1) is 8.81. The summed E-state index contributed by atoms with van der Waals surface area (Å²) in [5.41, 5.74) is 2.57. The summed E-state index contributed by atoms with van der Waals surface area (Å²) in [6.45, 7) is 0. The van der Waals surface area contributed by atoms with Gasteiger partial charge < -0.3 is 9.84 Å². The molecule has 1 N–H and O–H groups in total. The average molecular weight is 277 g/mol. The molecule has 19 heavy (non-hydrogen) atoms. The minimum Gasteiger partial charge on any atom is -0.504 e. The molecule has 5 heteroatoms. The van der Waals surface area contributed by atoms with Crippen molar-refractivity contribution in [1.82, 2.24) is 9.55 Å². The van der Waals surface area contributed by atoms with E-state index in [4.69, 9.17) is 4.74 Å². The molecule has 2 aromatic carbocycles. The number of hydrogen-bond acceptors (Lipinski definition) is 3. The van der Waals surface area contributed by atoms with Gasteiger partial charge in [0.1, 0.15) is 11.8 Å². The number of nitrogens with zero attached hydrogens (tertiary/aromatic N) is 2. The van der Waals surface area contributed by atoms with E-state index in [1.165, 1.54) is 7.11 Å². The number of halogens is 1. The molecule has 98 valence electrons. The Bertz CT molecular complexity index is 695. The zero-order chi connectivity index (χ0) is 12.5. The number of benzene rings is 2. The van der Waals surface area contributed by atoms with Crippen molar-refractivity contribution in [2.75, 3.05) is 7.11 Å². The predicted octanol–water partition coefficient (Wildman–Crippen LogP) is 3.16. The number of phenols is 1. The van der Waals surface area contributed by atoms with Crippen LogP contribution in [0.3, 0.4) is 0 Å². The second-order valence-corrected chi connectivity index (χ2v) is 3.94. The summed E-state index contributed by atoms with van der Waals surface area (Å²) in [4.78, 5) is 4.30. The molecule has 0 saturated heterocycles. The van der Waals surface area contributed by atoms with E-state index in [-0.39, 0.29) is 18.2 Å². The molecular weight excluding hydrogens is 264 g/mol. The highest BCUT2D eigenvalue weighted by atomic mass is 35.5. The largest absolute Gasteiger partial charge is 0.504 e. The van der Waals surface area contributed by atoms with Gasteiger partial charge in [0.05, 0.1) is 12.6 Å². The number of hydrogen-bond donors (Lipinski definition) is 1. The summed E-state index contributed by atoms with van der Waals surface area (Å²) in [6.07, 6.45) is 1.72. The number of imidazole rings is 1. The third-order valence-electron chi connectivity index (χ3n) is 2.89. The van der Waals surface area contributed by atoms with Crippen molar-refractivity contribution in [2.45, 2.75) is 0 Å². The molecule has 0 spiro atoms. The second-order valence-electron chi connectivity index (χ2n) is 3.94. The van der Waals surface area contributed by atoms with Crippen LogP contribution in [0.15, 0.2) is 48.8 Å². The average Bonchev–Trinajstić information content (AvgIpc) is 2.83. The molecule has 0 unspecified atom stereocenters. The minimum atomic E-state index is 0. The smallest absolute Gasteiger partial charge is 0.188 e. The summed E-state index contributed by atoms with van der Waals surface area (Å²) in [5.74, 6) is 0.505. The van der Waals surface area contributed by atoms with Crippen LogP contribution in [0.4, 0.5) is 0 Å². The highest BCUT2D eigenvalue weighted by Gasteiger charge is 2.12. The first-order valence-corrected chi connectivity index (χ1v) is 5.59. The summed E-state index contributed by atoms with van der Waals surface area (Å²) in [7, 11) is 1.52. The molecule has 1 aromatic heterocycles. The number of ether oxygens (including phenoxy) is 1. The van der Waals surface area contributed by atoms with Gasteiger partial charge >= 0.3 is 0 Å². The van der Waals surface area contributed by atoms with Crippen LogP contribution in [0.1, 0.15) is 0 Å². The zero-order valence-corrected chi connectivity index (χ0v) is 11.1. The second kappa shape index (κ2) is 5.20. The summed E-state index contributed by atoms with van der Waals surface area (Å²) in [6, 6.07) is 13.4. The Morgan fingerprint density at radius 2 is 1.84 bits per heavy atom. The van der Waals surface area contributed by atoms with Crippen molar-refractivity contribution >= 4 is 23.4 Å². The maximum atomic E-state index is 9.71. The summed E-state index contributed by atoms with van der Waals surface area (Å²) >= 11 is 0. The van der Waals surface area contributed by atoms with Gasteiger partial charge in [0, 0.05) is 5.69 Å². The van der Waals surface area contributed by atoms with Gasteiger partial charge in [0.15, 0.2) is 11.5 Å². The number of rotatable bonds is 2. The standard InChI is InChI=1S/C14H12N2O2.ClH/c1-18-14-12(17)8-7-11-13(14)15-9-16(11)10-5-3-2-4-6-10;/h2-9,17H,1H3;1H. The number of methoxy groups -OCH3 is 1.